The molecule has 4 nitrogen and oxygen atoms in total. The van der Waals surface area contributed by atoms with Gasteiger partial charge in [-0.1, -0.05) is 19.3 Å². The smallest absolute Gasteiger partial charge is 0.322 e. The summed E-state index contributed by atoms with van der Waals surface area (Å²) in [7, 11) is 1.47. The van der Waals surface area contributed by atoms with Crippen LogP contribution in [-0.4, -0.2) is 61.1 Å². The molecule has 0 spiro atoms. The number of hydrogen-bond donors (Lipinski definition) is 0. The van der Waals surface area contributed by atoms with E-state index in [0.29, 0.717) is 0 Å². The van der Waals surface area contributed by atoms with Crippen LogP contribution in [0.15, 0.2) is 0 Å². The highest BCUT2D eigenvalue weighted by molar-refractivity contribution is 5.75. The van der Waals surface area contributed by atoms with Gasteiger partial charge in [-0.3, -0.25) is 14.6 Å². The Kier molecular flexibility index (Phi) is 5.01. The van der Waals surface area contributed by atoms with Crippen LogP contribution in [0.4, 0.5) is 0 Å². The lowest BCUT2D eigenvalue weighted by molar-refractivity contribution is -0.147. The number of piperazine rings is 1. The highest BCUT2D eigenvalue weighted by Gasteiger charge is 2.29. The normalized spacial score (nSPS) is 25.9. The number of ether oxygens (including phenoxy) is 1. The van der Waals surface area contributed by atoms with Gasteiger partial charge >= 0.3 is 5.97 Å². The molecule has 1 heterocycles. The van der Waals surface area contributed by atoms with Crippen molar-refractivity contribution in [1.82, 2.24) is 9.80 Å². The van der Waals surface area contributed by atoms with Crippen LogP contribution in [0, 0.1) is 0 Å². The van der Waals surface area contributed by atoms with Crippen LogP contribution in [0.1, 0.15) is 39.0 Å². The summed E-state index contributed by atoms with van der Waals surface area (Å²) in [4.78, 5) is 16.4. The first-order chi connectivity index (χ1) is 8.72. The molecular weight excluding hydrogens is 228 g/mol. The molecule has 0 aromatic heterocycles. The first-order valence-electron chi connectivity index (χ1n) is 7.28. The summed E-state index contributed by atoms with van der Waals surface area (Å²) in [6, 6.07) is 0.706. The van der Waals surface area contributed by atoms with Gasteiger partial charge in [0.25, 0.3) is 0 Å². The fourth-order valence-corrected chi connectivity index (χ4v) is 3.26. The highest BCUT2D eigenvalue weighted by Crippen LogP contribution is 2.23. The standard InChI is InChI=1S/C14H26N2O2/c1-12(14(17)18-2)15-8-10-16(11-9-15)13-6-4-3-5-7-13/h12-13H,3-11H2,1-2H3. The predicted octanol–water partition coefficient (Wildman–Crippen LogP) is 1.50. The molecule has 2 fully saturated rings. The maximum absolute atomic E-state index is 11.5. The Morgan fingerprint density at radius 3 is 2.28 bits per heavy atom. The molecule has 0 N–H and O–H groups in total. The van der Waals surface area contributed by atoms with Gasteiger partial charge in [0.15, 0.2) is 0 Å². The Bertz CT molecular complexity index is 269. The van der Waals surface area contributed by atoms with Crippen molar-refractivity contribution < 1.29 is 9.53 Å². The van der Waals surface area contributed by atoms with Crippen LogP contribution in [-0.2, 0) is 9.53 Å². The molecule has 2 aliphatic rings. The zero-order chi connectivity index (χ0) is 13.0. The summed E-state index contributed by atoms with van der Waals surface area (Å²) in [6.07, 6.45) is 6.93. The topological polar surface area (TPSA) is 32.8 Å². The lowest BCUT2D eigenvalue weighted by Gasteiger charge is -2.42. The van der Waals surface area contributed by atoms with Crippen molar-refractivity contribution in [3.63, 3.8) is 0 Å². The average molecular weight is 254 g/mol. The number of rotatable bonds is 3. The molecular formula is C14H26N2O2. The molecule has 1 atom stereocenters. The lowest BCUT2D eigenvalue weighted by Crippen LogP contribution is -2.54. The van der Waals surface area contributed by atoms with Crippen LogP contribution in [0.2, 0.25) is 0 Å². The van der Waals surface area contributed by atoms with Crippen LogP contribution in [0.3, 0.4) is 0 Å². The minimum Gasteiger partial charge on any atom is -0.468 e. The maximum atomic E-state index is 11.5. The van der Waals surface area contributed by atoms with Gasteiger partial charge in [-0.25, -0.2) is 0 Å². The van der Waals surface area contributed by atoms with Gasteiger partial charge in [-0.05, 0) is 19.8 Å². The molecule has 104 valence electrons. The molecule has 18 heavy (non-hydrogen) atoms. The molecule has 0 amide bonds. The monoisotopic (exact) mass is 254 g/mol. The summed E-state index contributed by atoms with van der Waals surface area (Å²) in [5, 5.41) is 0. The summed E-state index contributed by atoms with van der Waals surface area (Å²) in [6.45, 7) is 6.14. The number of esters is 1. The summed E-state index contributed by atoms with van der Waals surface area (Å²) < 4.78 is 4.81. The second-order valence-electron chi connectivity index (χ2n) is 5.56. The number of carbonyl (C=O) groups excluding carboxylic acids is 1. The van der Waals surface area contributed by atoms with E-state index in [2.05, 4.69) is 9.80 Å². The predicted molar refractivity (Wildman–Crippen MR) is 71.5 cm³/mol. The number of methoxy groups -OCH3 is 1. The Hall–Kier alpha value is -0.610. The fraction of sp³-hybridized carbons (Fsp3) is 0.929. The van der Waals surface area contributed by atoms with E-state index in [0.717, 1.165) is 32.2 Å². The fourth-order valence-electron chi connectivity index (χ4n) is 3.26. The van der Waals surface area contributed by atoms with Crippen molar-refractivity contribution in [1.29, 1.82) is 0 Å². The van der Waals surface area contributed by atoms with E-state index < -0.39 is 0 Å². The zero-order valence-corrected chi connectivity index (χ0v) is 11.7. The lowest BCUT2D eigenvalue weighted by atomic mass is 9.94. The van der Waals surface area contributed by atoms with Gasteiger partial charge in [0.1, 0.15) is 6.04 Å². The second-order valence-corrected chi connectivity index (χ2v) is 5.56. The van der Waals surface area contributed by atoms with Gasteiger partial charge < -0.3 is 4.74 Å². The molecule has 1 aliphatic carbocycles. The molecule has 0 radical (unpaired) electrons. The summed E-state index contributed by atoms with van der Waals surface area (Å²) in [5.41, 5.74) is 0. The third-order valence-electron chi connectivity index (χ3n) is 4.53. The highest BCUT2D eigenvalue weighted by atomic mass is 16.5. The number of nitrogens with zero attached hydrogens (tertiary/aromatic N) is 2. The Morgan fingerprint density at radius 1 is 1.11 bits per heavy atom. The van der Waals surface area contributed by atoms with E-state index in [1.54, 1.807) is 0 Å². The Morgan fingerprint density at radius 2 is 1.72 bits per heavy atom. The van der Waals surface area contributed by atoms with Crippen molar-refractivity contribution in [2.24, 2.45) is 0 Å². The van der Waals surface area contributed by atoms with Crippen LogP contribution in [0.5, 0.6) is 0 Å². The molecule has 1 saturated carbocycles. The van der Waals surface area contributed by atoms with E-state index in [9.17, 15) is 4.79 Å². The summed E-state index contributed by atoms with van der Waals surface area (Å²) in [5.74, 6) is -0.110. The van der Waals surface area contributed by atoms with Crippen molar-refractivity contribution in [2.75, 3.05) is 33.3 Å². The molecule has 4 heteroatoms. The largest absolute Gasteiger partial charge is 0.468 e. The average Bonchev–Trinajstić information content (AvgIpc) is 2.47. The quantitative estimate of drug-likeness (QED) is 0.715. The van der Waals surface area contributed by atoms with E-state index in [4.69, 9.17) is 4.74 Å². The van der Waals surface area contributed by atoms with Gasteiger partial charge in [0.2, 0.25) is 0 Å². The van der Waals surface area contributed by atoms with E-state index in [-0.39, 0.29) is 12.0 Å². The molecule has 0 bridgehead atoms. The van der Waals surface area contributed by atoms with Crippen molar-refractivity contribution in [3.05, 3.63) is 0 Å². The first kappa shape index (κ1) is 13.8. The van der Waals surface area contributed by atoms with Crippen molar-refractivity contribution in [2.45, 2.75) is 51.1 Å². The number of carbonyl (C=O) groups is 1. The van der Waals surface area contributed by atoms with E-state index >= 15 is 0 Å². The maximum Gasteiger partial charge on any atom is 0.322 e. The summed E-state index contributed by atoms with van der Waals surface area (Å²) >= 11 is 0. The molecule has 1 aliphatic heterocycles. The van der Waals surface area contributed by atoms with E-state index in [1.807, 2.05) is 6.92 Å². The zero-order valence-electron chi connectivity index (χ0n) is 11.7. The van der Waals surface area contributed by atoms with Gasteiger partial charge in [-0.15, -0.1) is 0 Å². The SMILES string of the molecule is COC(=O)C(C)N1CCN(C2CCCCC2)CC1. The van der Waals surface area contributed by atoms with Gasteiger partial charge in [0.05, 0.1) is 7.11 Å². The second kappa shape index (κ2) is 6.53. The van der Waals surface area contributed by atoms with Crippen LogP contribution >= 0.6 is 0 Å². The molecule has 0 aromatic carbocycles. The van der Waals surface area contributed by atoms with Gasteiger partial charge in [-0.2, -0.15) is 0 Å². The molecule has 1 saturated heterocycles. The van der Waals surface area contributed by atoms with Crippen molar-refractivity contribution in [3.8, 4) is 0 Å². The minimum absolute atomic E-state index is 0.0940. The minimum atomic E-state index is -0.110. The molecule has 1 unspecified atom stereocenters. The Balaban J connectivity index is 1.78. The Labute approximate surface area is 110 Å². The van der Waals surface area contributed by atoms with Crippen molar-refractivity contribution >= 4 is 5.97 Å². The van der Waals surface area contributed by atoms with E-state index in [1.165, 1.54) is 39.2 Å². The first-order valence-corrected chi connectivity index (χ1v) is 7.28. The molecule has 0 aromatic rings. The van der Waals surface area contributed by atoms with Crippen LogP contribution < -0.4 is 0 Å². The molecule has 2 rings (SSSR count). The van der Waals surface area contributed by atoms with Gasteiger partial charge in [0, 0.05) is 32.2 Å². The third kappa shape index (κ3) is 3.23. The third-order valence-corrected chi connectivity index (χ3v) is 4.53. The van der Waals surface area contributed by atoms with Crippen LogP contribution in [0.25, 0.3) is 0 Å². The number of hydrogen-bond acceptors (Lipinski definition) is 4.